The second-order valence-electron chi connectivity index (χ2n) is 11.8. The Balaban J connectivity index is 1.36. The monoisotopic (exact) mass is 690 g/mol. The number of fused-ring (bicyclic) bond motifs is 1. The number of benzene rings is 2. The topological polar surface area (TPSA) is 189 Å². The summed E-state index contributed by atoms with van der Waals surface area (Å²) in [5.41, 5.74) is 5.69. The van der Waals surface area contributed by atoms with E-state index in [-0.39, 0.29) is 29.5 Å². The number of nitrogens with zero attached hydrogens (tertiary/aromatic N) is 2. The van der Waals surface area contributed by atoms with Crippen molar-refractivity contribution in [1.82, 2.24) is 10.2 Å². The molecule has 3 aromatic rings. The molecule has 0 aliphatic carbocycles. The van der Waals surface area contributed by atoms with Crippen LogP contribution in [0.1, 0.15) is 43.8 Å². The lowest BCUT2D eigenvalue weighted by Crippen LogP contribution is -2.71. The molecular formula is C34H34N4O10S. The lowest BCUT2D eigenvalue weighted by atomic mass is 10.0. The Morgan fingerprint density at radius 1 is 1.02 bits per heavy atom. The molecule has 2 aliphatic rings. The molecule has 0 saturated carbocycles. The Bertz CT molecular complexity index is 1710. The van der Waals surface area contributed by atoms with Crippen LogP contribution in [0, 0.1) is 0 Å². The van der Waals surface area contributed by atoms with Crippen molar-refractivity contribution in [1.29, 1.82) is 0 Å². The molecule has 0 radical (unpaired) electrons. The van der Waals surface area contributed by atoms with E-state index in [2.05, 4.69) is 10.5 Å². The summed E-state index contributed by atoms with van der Waals surface area (Å²) in [6.07, 6.45) is -0.568. The lowest BCUT2D eigenvalue weighted by Gasteiger charge is -2.49. The van der Waals surface area contributed by atoms with Gasteiger partial charge in [-0.1, -0.05) is 65.8 Å². The summed E-state index contributed by atoms with van der Waals surface area (Å²) in [4.78, 5) is 70.9. The summed E-state index contributed by atoms with van der Waals surface area (Å²) >= 11 is 1.23. The minimum atomic E-state index is -1.09. The molecule has 2 atom stereocenters. The van der Waals surface area contributed by atoms with Gasteiger partial charge in [-0.25, -0.2) is 14.4 Å². The molecule has 1 aromatic heterocycles. The number of furan rings is 1. The summed E-state index contributed by atoms with van der Waals surface area (Å²) in [6, 6.07) is 20.0. The van der Waals surface area contributed by atoms with Crippen molar-refractivity contribution < 1.29 is 47.4 Å². The summed E-state index contributed by atoms with van der Waals surface area (Å²) in [6.45, 7) is 4.14. The van der Waals surface area contributed by atoms with Gasteiger partial charge in [0.25, 0.3) is 11.8 Å². The fourth-order valence-electron chi connectivity index (χ4n) is 5.03. The number of rotatable bonds is 12. The highest BCUT2D eigenvalue weighted by molar-refractivity contribution is 8.00. The molecule has 3 heterocycles. The van der Waals surface area contributed by atoms with Gasteiger partial charge in [0.1, 0.15) is 29.3 Å². The van der Waals surface area contributed by atoms with Crippen LogP contribution in [0.2, 0.25) is 0 Å². The average molecular weight is 691 g/mol. The van der Waals surface area contributed by atoms with Gasteiger partial charge in [-0.15, -0.1) is 11.8 Å². The van der Waals surface area contributed by atoms with Gasteiger partial charge < -0.3 is 34.5 Å². The van der Waals surface area contributed by atoms with E-state index in [1.807, 2.05) is 60.7 Å². The molecule has 3 N–H and O–H groups in total. The Labute approximate surface area is 285 Å². The van der Waals surface area contributed by atoms with Crippen LogP contribution in [-0.2, 0) is 38.2 Å². The number of thioether (sulfide) groups is 1. The number of nitrogens with two attached hydrogens (primary N) is 1. The van der Waals surface area contributed by atoms with Crippen LogP contribution in [0.5, 0.6) is 0 Å². The first-order valence-electron chi connectivity index (χ1n) is 15.1. The van der Waals surface area contributed by atoms with Gasteiger partial charge >= 0.3 is 18.0 Å². The summed E-state index contributed by atoms with van der Waals surface area (Å²) in [7, 11) is 0. The third-order valence-corrected chi connectivity index (χ3v) is 8.41. The minimum Gasteiger partial charge on any atom is -0.462 e. The SMILES string of the molecule is CC(C)(C)OC(=O)CON=C(C(=O)N[C@@H]1C(=O)N2C(C(=O)OC(c3ccccc3)c3ccccc3)=C(COC(N)=O)CS[C@H]12)c1ccco1. The van der Waals surface area contributed by atoms with Crippen molar-refractivity contribution in [3.8, 4) is 0 Å². The molecule has 256 valence electrons. The maximum Gasteiger partial charge on any atom is 0.404 e. The molecule has 49 heavy (non-hydrogen) atoms. The number of hydrogen-bond donors (Lipinski definition) is 2. The predicted molar refractivity (Wildman–Crippen MR) is 175 cm³/mol. The molecule has 15 heteroatoms. The van der Waals surface area contributed by atoms with E-state index in [9.17, 15) is 24.0 Å². The number of carbonyl (C=O) groups is 5. The van der Waals surface area contributed by atoms with E-state index >= 15 is 0 Å². The van der Waals surface area contributed by atoms with E-state index in [0.717, 1.165) is 0 Å². The normalized spacial score (nSPS) is 17.5. The highest BCUT2D eigenvalue weighted by Crippen LogP contribution is 2.41. The first-order chi connectivity index (χ1) is 23.4. The van der Waals surface area contributed by atoms with Crippen LogP contribution >= 0.6 is 11.8 Å². The van der Waals surface area contributed by atoms with E-state index < -0.39 is 59.6 Å². The zero-order valence-corrected chi connectivity index (χ0v) is 27.6. The zero-order chi connectivity index (χ0) is 35.1. The Morgan fingerprint density at radius 2 is 1.67 bits per heavy atom. The number of primary amides is 1. The maximum absolute atomic E-state index is 14.0. The van der Waals surface area contributed by atoms with Gasteiger partial charge in [0.2, 0.25) is 12.3 Å². The van der Waals surface area contributed by atoms with E-state index in [0.29, 0.717) is 16.7 Å². The average Bonchev–Trinajstić information content (AvgIpc) is 3.61. The van der Waals surface area contributed by atoms with E-state index in [4.69, 9.17) is 29.2 Å². The maximum atomic E-state index is 14.0. The molecule has 0 unspecified atom stereocenters. The fourth-order valence-corrected chi connectivity index (χ4v) is 6.36. The Hall–Kier alpha value is -5.57. The van der Waals surface area contributed by atoms with E-state index in [1.165, 1.54) is 35.1 Å². The van der Waals surface area contributed by atoms with Gasteiger partial charge in [-0.3, -0.25) is 14.5 Å². The van der Waals surface area contributed by atoms with Crippen LogP contribution in [0.4, 0.5) is 4.79 Å². The highest BCUT2D eigenvalue weighted by atomic mass is 32.2. The van der Waals surface area contributed by atoms with Crippen molar-refractivity contribution >= 4 is 47.3 Å². The van der Waals surface area contributed by atoms with Gasteiger partial charge in [-0.05, 0) is 44.0 Å². The fraction of sp³-hybridized carbons (Fsp3) is 0.294. The van der Waals surface area contributed by atoms with Crippen molar-refractivity contribution in [3.63, 3.8) is 0 Å². The third-order valence-electron chi connectivity index (χ3n) is 7.07. The number of amides is 3. The van der Waals surface area contributed by atoms with Crippen LogP contribution in [0.3, 0.4) is 0 Å². The zero-order valence-electron chi connectivity index (χ0n) is 26.8. The lowest BCUT2D eigenvalue weighted by molar-refractivity contribution is -0.160. The molecule has 2 aromatic carbocycles. The standard InChI is InChI=1S/C34H34N4O10S/c1-34(2,3)48-24(39)18-46-37-25(23-15-10-16-44-23)29(40)36-26-30(41)38-27(22(17-45-33(35)43)19-49-31(26)38)32(42)47-28(20-11-6-4-7-12-20)21-13-8-5-9-14-21/h4-16,26,28,31H,17-19H2,1-3H3,(H2,35,43)(H,36,40)/t26-,31-/m1/s1. The third kappa shape index (κ3) is 8.48. The summed E-state index contributed by atoms with van der Waals surface area (Å²) in [5, 5.41) is 5.69. The van der Waals surface area contributed by atoms with Gasteiger partial charge in [0.05, 0.1) is 6.26 Å². The van der Waals surface area contributed by atoms with Crippen LogP contribution in [0.15, 0.2) is 99.9 Å². The Kier molecular flexibility index (Phi) is 10.7. The number of carbonyl (C=O) groups excluding carboxylic acids is 5. The highest BCUT2D eigenvalue weighted by Gasteiger charge is 2.55. The first kappa shape index (κ1) is 34.8. The number of ether oxygens (including phenoxy) is 3. The minimum absolute atomic E-state index is 0.0181. The Morgan fingerprint density at radius 3 is 2.24 bits per heavy atom. The van der Waals surface area contributed by atoms with Gasteiger partial charge in [-0.2, -0.15) is 0 Å². The van der Waals surface area contributed by atoms with Crippen molar-refractivity contribution in [2.75, 3.05) is 19.0 Å². The first-order valence-corrected chi connectivity index (χ1v) is 16.1. The molecule has 1 fully saturated rings. The summed E-state index contributed by atoms with van der Waals surface area (Å²) < 4.78 is 21.6. The molecule has 0 spiro atoms. The number of esters is 2. The van der Waals surface area contributed by atoms with Gasteiger partial charge in [0.15, 0.2) is 11.9 Å². The molecule has 14 nitrogen and oxygen atoms in total. The van der Waals surface area contributed by atoms with Crippen molar-refractivity contribution in [3.05, 3.63) is 107 Å². The largest absolute Gasteiger partial charge is 0.462 e. The van der Waals surface area contributed by atoms with Crippen molar-refractivity contribution in [2.24, 2.45) is 10.9 Å². The number of nitrogens with one attached hydrogen (secondary N) is 1. The second-order valence-corrected chi connectivity index (χ2v) is 12.9. The van der Waals surface area contributed by atoms with Crippen LogP contribution in [-0.4, -0.2) is 76.4 Å². The van der Waals surface area contributed by atoms with E-state index in [1.54, 1.807) is 20.8 Å². The smallest absolute Gasteiger partial charge is 0.404 e. The second kappa shape index (κ2) is 15.1. The molecule has 3 amide bonds. The van der Waals surface area contributed by atoms with Crippen molar-refractivity contribution in [2.45, 2.75) is 43.9 Å². The van der Waals surface area contributed by atoms with Crippen LogP contribution in [0.25, 0.3) is 0 Å². The summed E-state index contributed by atoms with van der Waals surface area (Å²) in [5.74, 6) is -2.83. The quantitative estimate of drug-likeness (QED) is 0.0932. The molecular weight excluding hydrogens is 656 g/mol. The molecule has 0 bridgehead atoms. The number of β-lactam (4-membered cyclic amide) rings is 1. The van der Waals surface area contributed by atoms with Crippen LogP contribution < -0.4 is 11.1 Å². The van der Waals surface area contributed by atoms with Gasteiger partial charge in [0, 0.05) is 11.3 Å². The molecule has 1 saturated heterocycles. The number of oxime groups is 1. The predicted octanol–water partition coefficient (Wildman–Crippen LogP) is 3.42. The number of hydrogen-bond acceptors (Lipinski definition) is 12. The molecule has 2 aliphatic heterocycles. The molecule has 5 rings (SSSR count).